The molecule has 21 heavy (non-hydrogen) atoms. The summed E-state index contributed by atoms with van der Waals surface area (Å²) in [5, 5.41) is 9.52. The number of phenolic OH excluding ortho intramolecular Hbond substituents is 1. The largest absolute Gasteiger partial charge is 0.508 e. The van der Waals surface area contributed by atoms with Crippen molar-refractivity contribution in [3.05, 3.63) is 29.8 Å². The number of rotatable bonds is 3. The number of nitrogens with two attached hydrogens (primary N) is 1. The second kappa shape index (κ2) is 7.64. The van der Waals surface area contributed by atoms with Gasteiger partial charge in [-0.2, -0.15) is 0 Å². The number of aromatic hydroxyl groups is 1. The molecule has 1 amide bonds. The van der Waals surface area contributed by atoms with Gasteiger partial charge in [-0.25, -0.2) is 0 Å². The lowest BCUT2D eigenvalue weighted by Gasteiger charge is -2.35. The van der Waals surface area contributed by atoms with Gasteiger partial charge in [-0.15, -0.1) is 12.4 Å². The molecule has 1 fully saturated rings. The maximum atomic E-state index is 12.3. The SMILES string of the molecule is CC(C)[C@H](N)C(=O)N1CCOC(c2cccc(O)c2)C1.Cl. The van der Waals surface area contributed by atoms with Crippen LogP contribution in [0.25, 0.3) is 0 Å². The van der Waals surface area contributed by atoms with Crippen molar-refractivity contribution in [2.24, 2.45) is 11.7 Å². The Morgan fingerprint density at radius 2 is 2.19 bits per heavy atom. The summed E-state index contributed by atoms with van der Waals surface area (Å²) in [5.74, 6) is 0.284. The molecule has 2 atom stereocenters. The van der Waals surface area contributed by atoms with E-state index >= 15 is 0 Å². The fourth-order valence-corrected chi connectivity index (χ4v) is 2.27. The Kier molecular flexibility index (Phi) is 6.45. The third-order valence-electron chi connectivity index (χ3n) is 3.62. The average molecular weight is 315 g/mol. The van der Waals surface area contributed by atoms with Crippen LogP contribution in [-0.2, 0) is 9.53 Å². The molecule has 1 saturated heterocycles. The standard InChI is InChI=1S/C15H22N2O3.ClH/c1-10(2)14(16)15(19)17-6-7-20-13(9-17)11-4-3-5-12(18)8-11;/h3-5,8,10,13-14,18H,6-7,9,16H2,1-2H3;1H/t13?,14-;/m0./s1. The summed E-state index contributed by atoms with van der Waals surface area (Å²) in [4.78, 5) is 14.0. The fraction of sp³-hybridized carbons (Fsp3) is 0.533. The summed E-state index contributed by atoms with van der Waals surface area (Å²) < 4.78 is 5.69. The van der Waals surface area contributed by atoms with Crippen molar-refractivity contribution >= 4 is 18.3 Å². The first-order valence-electron chi connectivity index (χ1n) is 6.94. The predicted molar refractivity (Wildman–Crippen MR) is 83.4 cm³/mol. The predicted octanol–water partition coefficient (Wildman–Crippen LogP) is 1.70. The smallest absolute Gasteiger partial charge is 0.239 e. The first-order chi connectivity index (χ1) is 9.49. The minimum absolute atomic E-state index is 0. The lowest BCUT2D eigenvalue weighted by Crippen LogP contribution is -2.51. The Morgan fingerprint density at radius 1 is 1.48 bits per heavy atom. The molecular formula is C15H23ClN2O3. The van der Waals surface area contributed by atoms with E-state index in [9.17, 15) is 9.90 Å². The molecule has 1 heterocycles. The number of ether oxygens (including phenoxy) is 1. The minimum Gasteiger partial charge on any atom is -0.508 e. The lowest BCUT2D eigenvalue weighted by molar-refractivity contribution is -0.141. The van der Waals surface area contributed by atoms with Crippen LogP contribution in [0.3, 0.4) is 0 Å². The number of halogens is 1. The first-order valence-corrected chi connectivity index (χ1v) is 6.94. The average Bonchev–Trinajstić information content (AvgIpc) is 2.45. The Hall–Kier alpha value is -1.30. The molecular weight excluding hydrogens is 292 g/mol. The van der Waals surface area contributed by atoms with Gasteiger partial charge in [-0.3, -0.25) is 4.79 Å². The highest BCUT2D eigenvalue weighted by atomic mass is 35.5. The number of benzene rings is 1. The van der Waals surface area contributed by atoms with Gasteiger partial charge in [0.2, 0.25) is 5.91 Å². The van der Waals surface area contributed by atoms with Crippen molar-refractivity contribution in [3.8, 4) is 5.75 Å². The molecule has 1 unspecified atom stereocenters. The van der Waals surface area contributed by atoms with Gasteiger partial charge in [-0.05, 0) is 23.6 Å². The zero-order valence-corrected chi connectivity index (χ0v) is 13.2. The lowest BCUT2D eigenvalue weighted by atomic mass is 10.0. The van der Waals surface area contributed by atoms with Crippen LogP contribution in [0.5, 0.6) is 5.75 Å². The second-order valence-electron chi connectivity index (χ2n) is 5.51. The van der Waals surface area contributed by atoms with Crippen molar-refractivity contribution in [1.82, 2.24) is 4.90 Å². The van der Waals surface area contributed by atoms with E-state index in [1.807, 2.05) is 19.9 Å². The maximum absolute atomic E-state index is 12.3. The third-order valence-corrected chi connectivity index (χ3v) is 3.62. The van der Waals surface area contributed by atoms with Crippen LogP contribution in [0.2, 0.25) is 0 Å². The number of carbonyl (C=O) groups excluding carboxylic acids is 1. The normalized spacial score (nSPS) is 20.0. The van der Waals surface area contributed by atoms with Crippen LogP contribution in [0.4, 0.5) is 0 Å². The summed E-state index contributed by atoms with van der Waals surface area (Å²) in [6.45, 7) is 5.40. The van der Waals surface area contributed by atoms with Gasteiger partial charge in [-0.1, -0.05) is 26.0 Å². The number of amides is 1. The van der Waals surface area contributed by atoms with Crippen molar-refractivity contribution in [1.29, 1.82) is 0 Å². The number of nitrogens with zero attached hydrogens (tertiary/aromatic N) is 1. The molecule has 0 bridgehead atoms. The highest BCUT2D eigenvalue weighted by molar-refractivity contribution is 5.85. The molecule has 3 N–H and O–H groups in total. The highest BCUT2D eigenvalue weighted by Gasteiger charge is 2.29. The summed E-state index contributed by atoms with van der Waals surface area (Å²) in [7, 11) is 0. The van der Waals surface area contributed by atoms with Crippen molar-refractivity contribution in [2.45, 2.75) is 26.0 Å². The molecule has 0 spiro atoms. The Bertz CT molecular complexity index is 482. The number of morpholine rings is 1. The molecule has 118 valence electrons. The van der Waals surface area contributed by atoms with Crippen LogP contribution in [0, 0.1) is 5.92 Å². The van der Waals surface area contributed by atoms with Gasteiger partial charge in [0.05, 0.1) is 19.2 Å². The van der Waals surface area contributed by atoms with E-state index in [1.165, 1.54) is 0 Å². The molecule has 0 aromatic heterocycles. The van der Waals surface area contributed by atoms with E-state index in [4.69, 9.17) is 10.5 Å². The van der Waals surface area contributed by atoms with E-state index in [1.54, 1.807) is 23.1 Å². The molecule has 0 radical (unpaired) electrons. The van der Waals surface area contributed by atoms with Gasteiger partial charge in [0.25, 0.3) is 0 Å². The quantitative estimate of drug-likeness (QED) is 0.890. The second-order valence-corrected chi connectivity index (χ2v) is 5.51. The summed E-state index contributed by atoms with van der Waals surface area (Å²) in [6, 6.07) is 6.47. The van der Waals surface area contributed by atoms with E-state index in [0.717, 1.165) is 5.56 Å². The van der Waals surface area contributed by atoms with Crippen LogP contribution in [0.15, 0.2) is 24.3 Å². The van der Waals surface area contributed by atoms with Gasteiger partial charge in [0.15, 0.2) is 0 Å². The third kappa shape index (κ3) is 4.33. The molecule has 1 aromatic rings. The van der Waals surface area contributed by atoms with E-state index in [2.05, 4.69) is 0 Å². The molecule has 0 saturated carbocycles. The monoisotopic (exact) mass is 314 g/mol. The summed E-state index contributed by atoms with van der Waals surface area (Å²) in [5.41, 5.74) is 6.80. The zero-order chi connectivity index (χ0) is 14.7. The van der Waals surface area contributed by atoms with Crippen LogP contribution in [0.1, 0.15) is 25.5 Å². The van der Waals surface area contributed by atoms with E-state index in [0.29, 0.717) is 19.7 Å². The highest BCUT2D eigenvalue weighted by Crippen LogP contribution is 2.25. The number of hydrogen-bond acceptors (Lipinski definition) is 4. The van der Waals surface area contributed by atoms with Crippen LogP contribution < -0.4 is 5.73 Å². The molecule has 1 aromatic carbocycles. The number of phenols is 1. The Morgan fingerprint density at radius 3 is 2.81 bits per heavy atom. The van der Waals surface area contributed by atoms with Crippen LogP contribution >= 0.6 is 12.4 Å². The van der Waals surface area contributed by atoms with Gasteiger partial charge in [0, 0.05) is 6.54 Å². The van der Waals surface area contributed by atoms with Crippen molar-refractivity contribution in [3.63, 3.8) is 0 Å². The zero-order valence-electron chi connectivity index (χ0n) is 12.4. The molecule has 2 rings (SSSR count). The van der Waals surface area contributed by atoms with Crippen LogP contribution in [-0.4, -0.2) is 41.7 Å². The molecule has 1 aliphatic rings. The summed E-state index contributed by atoms with van der Waals surface area (Å²) >= 11 is 0. The summed E-state index contributed by atoms with van der Waals surface area (Å²) in [6.07, 6.45) is -0.209. The molecule has 5 nitrogen and oxygen atoms in total. The number of hydrogen-bond donors (Lipinski definition) is 2. The van der Waals surface area contributed by atoms with E-state index < -0.39 is 6.04 Å². The molecule has 0 aliphatic carbocycles. The van der Waals surface area contributed by atoms with Gasteiger partial charge < -0.3 is 20.5 Å². The molecule has 1 aliphatic heterocycles. The molecule has 6 heteroatoms. The van der Waals surface area contributed by atoms with Crippen molar-refractivity contribution in [2.75, 3.05) is 19.7 Å². The van der Waals surface area contributed by atoms with Gasteiger partial charge in [0.1, 0.15) is 11.9 Å². The van der Waals surface area contributed by atoms with E-state index in [-0.39, 0.29) is 36.1 Å². The minimum atomic E-state index is -0.474. The number of carbonyl (C=O) groups is 1. The van der Waals surface area contributed by atoms with Gasteiger partial charge >= 0.3 is 0 Å². The Labute approximate surface area is 131 Å². The topological polar surface area (TPSA) is 75.8 Å². The van der Waals surface area contributed by atoms with Crippen molar-refractivity contribution < 1.29 is 14.6 Å². The maximum Gasteiger partial charge on any atom is 0.239 e. The first kappa shape index (κ1) is 17.8. The Balaban J connectivity index is 0.00000220. The fourth-order valence-electron chi connectivity index (χ4n) is 2.27.